The highest BCUT2D eigenvalue weighted by atomic mass is 35.5. The summed E-state index contributed by atoms with van der Waals surface area (Å²) in [6.07, 6.45) is 1.43. The molecule has 1 aromatic heterocycles. The zero-order chi connectivity index (χ0) is 12.3. The first-order valence-corrected chi connectivity index (χ1v) is 5.55. The van der Waals surface area contributed by atoms with Crippen molar-refractivity contribution in [2.45, 2.75) is 0 Å². The number of hydrogen-bond donors (Lipinski definition) is 1. The van der Waals surface area contributed by atoms with Crippen LogP contribution in [-0.2, 0) is 0 Å². The third kappa shape index (κ3) is 3.07. The molecule has 4 nitrogen and oxygen atoms in total. The average molecular weight is 249 g/mol. The van der Waals surface area contributed by atoms with E-state index in [-0.39, 0.29) is 0 Å². The van der Waals surface area contributed by atoms with Gasteiger partial charge in [-0.15, -0.1) is 0 Å². The Bertz CT molecular complexity index is 513. The van der Waals surface area contributed by atoms with Crippen LogP contribution in [0.1, 0.15) is 0 Å². The molecular formula is C12H13ClN4. The number of aromatic nitrogens is 2. The Morgan fingerprint density at radius 1 is 1.18 bits per heavy atom. The first-order valence-electron chi connectivity index (χ1n) is 5.17. The van der Waals surface area contributed by atoms with Gasteiger partial charge in [0.15, 0.2) is 0 Å². The summed E-state index contributed by atoms with van der Waals surface area (Å²) in [6.45, 7) is 0. The van der Waals surface area contributed by atoms with Crippen molar-refractivity contribution in [3.63, 3.8) is 0 Å². The number of nitrogens with zero attached hydrogens (tertiary/aromatic N) is 3. The Balaban J connectivity index is 2.21. The van der Waals surface area contributed by atoms with Crippen molar-refractivity contribution in [1.29, 1.82) is 0 Å². The maximum Gasteiger partial charge on any atom is 0.135 e. The van der Waals surface area contributed by atoms with Crippen LogP contribution in [0.2, 0.25) is 5.15 Å². The van der Waals surface area contributed by atoms with Crippen LogP contribution in [0.5, 0.6) is 0 Å². The molecule has 0 bridgehead atoms. The predicted molar refractivity (Wildman–Crippen MR) is 71.1 cm³/mol. The minimum absolute atomic E-state index is 0.422. The molecule has 1 heterocycles. The molecule has 0 aliphatic rings. The fourth-order valence-corrected chi connectivity index (χ4v) is 1.56. The summed E-state index contributed by atoms with van der Waals surface area (Å²) in [5.41, 5.74) is 2.08. The summed E-state index contributed by atoms with van der Waals surface area (Å²) >= 11 is 5.79. The standard InChI is InChI=1S/C12H13ClN4/c1-17(2)10-5-3-4-9(6-10)16-12-7-11(13)14-8-15-12/h3-8H,1-2H3,(H,14,15,16). The quantitative estimate of drug-likeness (QED) is 0.848. The van der Waals surface area contributed by atoms with Crippen molar-refractivity contribution in [2.24, 2.45) is 0 Å². The summed E-state index contributed by atoms with van der Waals surface area (Å²) in [7, 11) is 4.00. The van der Waals surface area contributed by atoms with E-state index in [9.17, 15) is 0 Å². The molecule has 0 saturated heterocycles. The van der Waals surface area contributed by atoms with Crippen molar-refractivity contribution in [1.82, 2.24) is 9.97 Å². The summed E-state index contributed by atoms with van der Waals surface area (Å²) in [6, 6.07) is 9.72. The average Bonchev–Trinajstić information content (AvgIpc) is 2.29. The van der Waals surface area contributed by atoms with Gasteiger partial charge in [0.25, 0.3) is 0 Å². The van der Waals surface area contributed by atoms with Crippen LogP contribution < -0.4 is 10.2 Å². The van der Waals surface area contributed by atoms with Gasteiger partial charge in [-0.1, -0.05) is 17.7 Å². The van der Waals surface area contributed by atoms with Gasteiger partial charge in [0.1, 0.15) is 17.3 Å². The highest BCUT2D eigenvalue weighted by Crippen LogP contribution is 2.21. The Morgan fingerprint density at radius 2 is 2.00 bits per heavy atom. The molecule has 0 amide bonds. The van der Waals surface area contributed by atoms with Crippen LogP contribution in [0.3, 0.4) is 0 Å². The molecule has 1 N–H and O–H groups in total. The highest BCUT2D eigenvalue weighted by Gasteiger charge is 2.00. The highest BCUT2D eigenvalue weighted by molar-refractivity contribution is 6.29. The van der Waals surface area contributed by atoms with Gasteiger partial charge in [-0.2, -0.15) is 0 Å². The lowest BCUT2D eigenvalue weighted by Gasteiger charge is -2.14. The van der Waals surface area contributed by atoms with Crippen LogP contribution in [0.15, 0.2) is 36.7 Å². The van der Waals surface area contributed by atoms with E-state index < -0.39 is 0 Å². The maximum atomic E-state index is 5.79. The largest absolute Gasteiger partial charge is 0.378 e. The zero-order valence-corrected chi connectivity index (χ0v) is 10.4. The predicted octanol–water partition coefficient (Wildman–Crippen LogP) is 2.94. The number of halogens is 1. The minimum atomic E-state index is 0.422. The molecule has 0 radical (unpaired) electrons. The van der Waals surface area contributed by atoms with Crippen molar-refractivity contribution < 1.29 is 0 Å². The Labute approximate surface area is 105 Å². The van der Waals surface area contributed by atoms with Crippen molar-refractivity contribution in [2.75, 3.05) is 24.3 Å². The molecule has 0 aliphatic heterocycles. The third-order valence-electron chi connectivity index (χ3n) is 2.27. The maximum absolute atomic E-state index is 5.79. The fraction of sp³-hybridized carbons (Fsp3) is 0.167. The Morgan fingerprint density at radius 3 is 2.71 bits per heavy atom. The molecule has 0 spiro atoms. The van der Waals surface area contributed by atoms with Crippen LogP contribution in [0, 0.1) is 0 Å². The third-order valence-corrected chi connectivity index (χ3v) is 2.48. The van der Waals surface area contributed by atoms with E-state index in [2.05, 4.69) is 15.3 Å². The van der Waals surface area contributed by atoms with Gasteiger partial charge in [0, 0.05) is 31.5 Å². The van der Waals surface area contributed by atoms with E-state index in [0.717, 1.165) is 11.4 Å². The number of nitrogens with one attached hydrogen (secondary N) is 1. The molecule has 0 aliphatic carbocycles. The van der Waals surface area contributed by atoms with Crippen molar-refractivity contribution in [3.8, 4) is 0 Å². The second kappa shape index (κ2) is 5.01. The topological polar surface area (TPSA) is 41.0 Å². The molecule has 0 saturated carbocycles. The summed E-state index contributed by atoms with van der Waals surface area (Å²) in [5, 5.41) is 3.60. The van der Waals surface area contributed by atoms with Crippen LogP contribution in [-0.4, -0.2) is 24.1 Å². The number of rotatable bonds is 3. The van der Waals surface area contributed by atoms with Gasteiger partial charge in [0.05, 0.1) is 0 Å². The van der Waals surface area contributed by atoms with Gasteiger partial charge in [-0.25, -0.2) is 9.97 Å². The molecule has 2 aromatic rings. The van der Waals surface area contributed by atoms with E-state index in [1.165, 1.54) is 6.33 Å². The molecule has 2 rings (SSSR count). The molecule has 0 fully saturated rings. The van der Waals surface area contributed by atoms with Gasteiger partial charge >= 0.3 is 0 Å². The molecule has 17 heavy (non-hydrogen) atoms. The van der Waals surface area contributed by atoms with Crippen LogP contribution in [0.4, 0.5) is 17.2 Å². The van der Waals surface area contributed by atoms with Gasteiger partial charge in [-0.05, 0) is 18.2 Å². The SMILES string of the molecule is CN(C)c1cccc(Nc2cc(Cl)ncn2)c1. The van der Waals surface area contributed by atoms with E-state index in [4.69, 9.17) is 11.6 Å². The van der Waals surface area contributed by atoms with Crippen LogP contribution >= 0.6 is 11.6 Å². The molecule has 0 unspecified atom stereocenters. The first-order chi connectivity index (χ1) is 8.15. The van der Waals surface area contributed by atoms with E-state index in [1.807, 2.05) is 43.3 Å². The Kier molecular flexibility index (Phi) is 3.44. The minimum Gasteiger partial charge on any atom is -0.378 e. The van der Waals surface area contributed by atoms with E-state index in [0.29, 0.717) is 11.0 Å². The first kappa shape index (κ1) is 11.7. The summed E-state index contributed by atoms with van der Waals surface area (Å²) in [4.78, 5) is 9.96. The summed E-state index contributed by atoms with van der Waals surface area (Å²) in [5.74, 6) is 0.681. The van der Waals surface area contributed by atoms with Gasteiger partial charge in [-0.3, -0.25) is 0 Å². The summed E-state index contributed by atoms with van der Waals surface area (Å²) < 4.78 is 0. The molecular weight excluding hydrogens is 236 g/mol. The van der Waals surface area contributed by atoms with Gasteiger partial charge in [0.2, 0.25) is 0 Å². The fourth-order valence-electron chi connectivity index (χ4n) is 1.41. The Hall–Kier alpha value is -1.81. The van der Waals surface area contributed by atoms with E-state index >= 15 is 0 Å². The van der Waals surface area contributed by atoms with Gasteiger partial charge < -0.3 is 10.2 Å². The number of anilines is 3. The molecule has 0 atom stereocenters. The normalized spacial score (nSPS) is 10.1. The second-order valence-electron chi connectivity index (χ2n) is 3.80. The lowest BCUT2D eigenvalue weighted by atomic mass is 10.2. The second-order valence-corrected chi connectivity index (χ2v) is 4.18. The van der Waals surface area contributed by atoms with E-state index in [1.54, 1.807) is 6.07 Å². The van der Waals surface area contributed by atoms with Crippen molar-refractivity contribution in [3.05, 3.63) is 41.8 Å². The molecule has 88 valence electrons. The zero-order valence-electron chi connectivity index (χ0n) is 9.68. The van der Waals surface area contributed by atoms with Crippen molar-refractivity contribution >= 4 is 28.8 Å². The lowest BCUT2D eigenvalue weighted by molar-refractivity contribution is 1.13. The van der Waals surface area contributed by atoms with Crippen LogP contribution in [0.25, 0.3) is 0 Å². The molecule has 5 heteroatoms. The lowest BCUT2D eigenvalue weighted by Crippen LogP contribution is -2.08. The number of benzene rings is 1. The molecule has 1 aromatic carbocycles. The smallest absolute Gasteiger partial charge is 0.135 e. The number of hydrogen-bond acceptors (Lipinski definition) is 4. The monoisotopic (exact) mass is 248 g/mol.